The molecule has 2 N–H and O–H groups in total. The van der Waals surface area contributed by atoms with Gasteiger partial charge < -0.3 is 19.7 Å². The third-order valence-corrected chi connectivity index (χ3v) is 3.68. The number of hydrogen-bond donors (Lipinski definition) is 2. The van der Waals surface area contributed by atoms with Crippen molar-refractivity contribution in [3.63, 3.8) is 0 Å². The van der Waals surface area contributed by atoms with Gasteiger partial charge in [-0.15, -0.1) is 0 Å². The Morgan fingerprint density at radius 1 is 1.04 bits per heavy atom. The van der Waals surface area contributed by atoms with Gasteiger partial charge in [0.1, 0.15) is 18.1 Å². The third kappa shape index (κ3) is 5.71. The van der Waals surface area contributed by atoms with Gasteiger partial charge in [-0.3, -0.25) is 15.0 Å². The molecule has 0 radical (unpaired) electrons. The number of methoxy groups -OCH3 is 1. The van der Waals surface area contributed by atoms with Crippen LogP contribution in [0.15, 0.2) is 24.3 Å². The van der Waals surface area contributed by atoms with Crippen LogP contribution < -0.4 is 20.2 Å². The zero-order valence-corrected chi connectivity index (χ0v) is 14.1. The Morgan fingerprint density at radius 3 is 2.29 bits per heavy atom. The molecule has 2 rings (SSSR count). The van der Waals surface area contributed by atoms with Gasteiger partial charge in [-0.25, -0.2) is 5.01 Å². The minimum atomic E-state index is -0.660. The van der Waals surface area contributed by atoms with E-state index in [9.17, 15) is 9.59 Å². The van der Waals surface area contributed by atoms with Crippen molar-refractivity contribution in [2.24, 2.45) is 0 Å². The number of likely N-dealkylation sites (N-methyl/N-ethyl adjacent to an activating group) is 1. The molecule has 0 atom stereocenters. The fraction of sp³-hybridized carbons (Fsp3) is 0.500. The fourth-order valence-electron chi connectivity index (χ4n) is 2.20. The van der Waals surface area contributed by atoms with Gasteiger partial charge in [0.05, 0.1) is 13.7 Å². The summed E-state index contributed by atoms with van der Waals surface area (Å²) in [6.07, 6.45) is 0. The molecule has 1 aromatic rings. The lowest BCUT2D eigenvalue weighted by Crippen LogP contribution is -2.55. The van der Waals surface area contributed by atoms with Crippen LogP contribution in [0.1, 0.15) is 0 Å². The number of benzene rings is 1. The maximum absolute atomic E-state index is 11.8. The molecule has 0 spiro atoms. The van der Waals surface area contributed by atoms with Crippen LogP contribution in [-0.2, 0) is 9.59 Å². The number of nitrogens with one attached hydrogen (secondary N) is 2. The summed E-state index contributed by atoms with van der Waals surface area (Å²) >= 11 is 0. The van der Waals surface area contributed by atoms with E-state index in [4.69, 9.17) is 9.47 Å². The first-order chi connectivity index (χ1) is 11.6. The number of nitrogens with zero attached hydrogens (tertiary/aromatic N) is 2. The van der Waals surface area contributed by atoms with Crippen molar-refractivity contribution < 1.29 is 19.1 Å². The van der Waals surface area contributed by atoms with Crippen LogP contribution in [-0.4, -0.2) is 75.2 Å². The van der Waals surface area contributed by atoms with E-state index in [1.54, 1.807) is 36.4 Å². The predicted molar refractivity (Wildman–Crippen MR) is 88.7 cm³/mol. The molecule has 1 fully saturated rings. The molecule has 1 saturated heterocycles. The average Bonchev–Trinajstić information content (AvgIpc) is 2.61. The summed E-state index contributed by atoms with van der Waals surface area (Å²) in [5.41, 5.74) is 2.61. The van der Waals surface area contributed by atoms with E-state index in [0.717, 1.165) is 18.8 Å². The lowest BCUT2D eigenvalue weighted by molar-refractivity contribution is -0.142. The molecule has 8 nitrogen and oxygen atoms in total. The van der Waals surface area contributed by atoms with E-state index >= 15 is 0 Å². The molecule has 8 heteroatoms. The van der Waals surface area contributed by atoms with Crippen LogP contribution in [0, 0.1) is 0 Å². The Kier molecular flexibility index (Phi) is 6.83. The van der Waals surface area contributed by atoms with Crippen molar-refractivity contribution in [3.05, 3.63) is 24.3 Å². The van der Waals surface area contributed by atoms with Gasteiger partial charge in [0.15, 0.2) is 0 Å². The van der Waals surface area contributed by atoms with Crippen LogP contribution in [0.2, 0.25) is 0 Å². The molecular weight excluding hydrogens is 312 g/mol. The summed E-state index contributed by atoms with van der Waals surface area (Å²) in [5.74, 6) is 0.111. The molecular formula is C16H24N4O4. The summed E-state index contributed by atoms with van der Waals surface area (Å²) in [7, 11) is 3.62. The highest BCUT2D eigenvalue weighted by Crippen LogP contribution is 2.16. The zero-order chi connectivity index (χ0) is 17.4. The number of hydrogen-bond acceptors (Lipinski definition) is 6. The maximum Gasteiger partial charge on any atom is 0.323 e. The molecule has 0 saturated carbocycles. The highest BCUT2D eigenvalue weighted by Gasteiger charge is 2.19. The van der Waals surface area contributed by atoms with Crippen molar-refractivity contribution in [2.45, 2.75) is 0 Å². The zero-order valence-electron chi connectivity index (χ0n) is 14.1. The monoisotopic (exact) mass is 336 g/mol. The van der Waals surface area contributed by atoms with Crippen molar-refractivity contribution in [2.75, 3.05) is 53.5 Å². The molecule has 1 aromatic carbocycles. The third-order valence-electron chi connectivity index (χ3n) is 3.68. The van der Waals surface area contributed by atoms with Crippen LogP contribution in [0.5, 0.6) is 11.5 Å². The van der Waals surface area contributed by atoms with Gasteiger partial charge in [-0.05, 0) is 31.3 Å². The van der Waals surface area contributed by atoms with Gasteiger partial charge in [0, 0.05) is 26.2 Å². The second kappa shape index (κ2) is 9.09. The molecule has 0 bridgehead atoms. The summed E-state index contributed by atoms with van der Waals surface area (Å²) in [5, 5.41) is 4.30. The number of rotatable bonds is 6. The topological polar surface area (TPSA) is 83.1 Å². The Bertz CT molecular complexity index is 542. The summed E-state index contributed by atoms with van der Waals surface area (Å²) in [6.45, 7) is 3.66. The van der Waals surface area contributed by atoms with Crippen molar-refractivity contribution in [1.29, 1.82) is 0 Å². The van der Waals surface area contributed by atoms with E-state index in [1.165, 1.54) is 0 Å². The van der Waals surface area contributed by atoms with Crippen LogP contribution in [0.25, 0.3) is 0 Å². The first kappa shape index (κ1) is 18.0. The Balaban J connectivity index is 1.62. The largest absolute Gasteiger partial charge is 0.497 e. The molecule has 0 aromatic heterocycles. The van der Waals surface area contributed by atoms with Crippen molar-refractivity contribution in [1.82, 2.24) is 20.7 Å². The van der Waals surface area contributed by atoms with Crippen LogP contribution in [0.3, 0.4) is 0 Å². The van der Waals surface area contributed by atoms with E-state index in [0.29, 0.717) is 18.8 Å². The van der Waals surface area contributed by atoms with Crippen LogP contribution in [0.4, 0.5) is 0 Å². The van der Waals surface area contributed by atoms with E-state index in [-0.39, 0.29) is 13.2 Å². The molecule has 1 aliphatic heterocycles. The van der Waals surface area contributed by atoms with E-state index < -0.39 is 11.8 Å². The highest BCUT2D eigenvalue weighted by molar-refractivity contribution is 6.34. The maximum atomic E-state index is 11.8. The van der Waals surface area contributed by atoms with Gasteiger partial charge in [0.25, 0.3) is 0 Å². The molecule has 0 unspecified atom stereocenters. The molecule has 0 aliphatic carbocycles. The average molecular weight is 336 g/mol. The molecule has 1 aliphatic rings. The number of ether oxygens (including phenoxy) is 2. The van der Waals surface area contributed by atoms with E-state index in [2.05, 4.69) is 15.6 Å². The molecule has 24 heavy (non-hydrogen) atoms. The summed E-state index contributed by atoms with van der Waals surface area (Å²) < 4.78 is 10.5. The van der Waals surface area contributed by atoms with Crippen molar-refractivity contribution in [3.8, 4) is 11.5 Å². The first-order valence-corrected chi connectivity index (χ1v) is 7.87. The normalized spacial score (nSPS) is 15.6. The lowest BCUT2D eigenvalue weighted by Gasteiger charge is -2.32. The van der Waals surface area contributed by atoms with Gasteiger partial charge in [-0.1, -0.05) is 0 Å². The molecule has 132 valence electrons. The number of piperazine rings is 1. The number of carbonyl (C=O) groups excluding carboxylic acids is 2. The minimum absolute atomic E-state index is 0.251. The number of hydrazine groups is 1. The van der Waals surface area contributed by atoms with E-state index in [1.807, 2.05) is 7.05 Å². The summed E-state index contributed by atoms with van der Waals surface area (Å²) in [6, 6.07) is 7.14. The second-order valence-electron chi connectivity index (χ2n) is 5.51. The standard InChI is InChI=1S/C16H24N4O4/c1-19-8-10-20(11-9-19)18-16(22)15(21)17-7-12-24-14-5-3-13(23-2)4-6-14/h3-6H,7-12H2,1-2H3,(H,17,21)(H,18,22). The SMILES string of the molecule is COc1ccc(OCCNC(=O)C(=O)NN2CCN(C)CC2)cc1. The molecule has 2 amide bonds. The first-order valence-electron chi connectivity index (χ1n) is 7.87. The quantitative estimate of drug-likeness (QED) is 0.537. The number of carbonyl (C=O) groups is 2. The van der Waals surface area contributed by atoms with Crippen molar-refractivity contribution >= 4 is 11.8 Å². The summed E-state index contributed by atoms with van der Waals surface area (Å²) in [4.78, 5) is 25.7. The minimum Gasteiger partial charge on any atom is -0.497 e. The lowest BCUT2D eigenvalue weighted by atomic mass is 10.3. The van der Waals surface area contributed by atoms with Gasteiger partial charge in [-0.2, -0.15) is 0 Å². The predicted octanol–water partition coefficient (Wildman–Crippen LogP) is -0.531. The highest BCUT2D eigenvalue weighted by atomic mass is 16.5. The fourth-order valence-corrected chi connectivity index (χ4v) is 2.20. The Labute approximate surface area is 141 Å². The number of amides is 2. The smallest absolute Gasteiger partial charge is 0.323 e. The van der Waals surface area contributed by atoms with Gasteiger partial charge >= 0.3 is 11.8 Å². The van der Waals surface area contributed by atoms with Crippen LogP contribution >= 0.6 is 0 Å². The Morgan fingerprint density at radius 2 is 1.67 bits per heavy atom. The molecule has 1 heterocycles. The Hall–Kier alpha value is -2.32. The van der Waals surface area contributed by atoms with Gasteiger partial charge in [0.2, 0.25) is 0 Å². The second-order valence-corrected chi connectivity index (χ2v) is 5.51.